The van der Waals surface area contributed by atoms with Crippen LogP contribution in [0.15, 0.2) is 5.38 Å². The quantitative estimate of drug-likeness (QED) is 0.900. The van der Waals surface area contributed by atoms with Crippen LogP contribution in [0.25, 0.3) is 0 Å². The second kappa shape index (κ2) is 5.99. The fourth-order valence-electron chi connectivity index (χ4n) is 1.95. The maximum absolute atomic E-state index is 11.9. The van der Waals surface area contributed by atoms with E-state index in [0.717, 1.165) is 25.1 Å². The summed E-state index contributed by atoms with van der Waals surface area (Å²) < 4.78 is 40.2. The summed E-state index contributed by atoms with van der Waals surface area (Å²) in [5.41, 5.74) is 0.935. The minimum atomic E-state index is -4.27. The van der Waals surface area contributed by atoms with Crippen LogP contribution in [-0.2, 0) is 17.8 Å². The van der Waals surface area contributed by atoms with Crippen LogP contribution in [0.2, 0.25) is 0 Å². The van der Waals surface area contributed by atoms with Gasteiger partial charge in [-0.1, -0.05) is 0 Å². The van der Waals surface area contributed by atoms with E-state index in [1.165, 1.54) is 17.8 Å². The van der Waals surface area contributed by atoms with Gasteiger partial charge in [0.05, 0.1) is 12.3 Å². The van der Waals surface area contributed by atoms with E-state index in [9.17, 15) is 13.2 Å². The molecule has 7 heteroatoms. The van der Waals surface area contributed by atoms with E-state index >= 15 is 0 Å². The van der Waals surface area contributed by atoms with E-state index in [1.54, 1.807) is 0 Å². The van der Waals surface area contributed by atoms with Gasteiger partial charge in [-0.15, -0.1) is 11.3 Å². The minimum Gasteiger partial charge on any atom is -0.365 e. The lowest BCUT2D eigenvalue weighted by Crippen LogP contribution is -2.23. The van der Waals surface area contributed by atoms with Gasteiger partial charge < -0.3 is 10.1 Å². The topological polar surface area (TPSA) is 34.1 Å². The minimum absolute atomic E-state index is 0.0672. The molecular formula is C11H15F3N2OS. The predicted molar refractivity (Wildman–Crippen MR) is 62.6 cm³/mol. The maximum atomic E-state index is 11.9. The zero-order chi connectivity index (χ0) is 13.0. The molecule has 1 aliphatic heterocycles. The second-order valence-corrected chi connectivity index (χ2v) is 5.28. The Morgan fingerprint density at radius 2 is 2.33 bits per heavy atom. The lowest BCUT2D eigenvalue weighted by molar-refractivity contribution is -0.176. The number of alkyl halides is 3. The molecule has 18 heavy (non-hydrogen) atoms. The fourth-order valence-corrected chi connectivity index (χ4v) is 2.69. The third-order valence-corrected chi connectivity index (χ3v) is 3.58. The summed E-state index contributed by atoms with van der Waals surface area (Å²) in [6.07, 6.45) is -1.11. The molecule has 0 aromatic carbocycles. The van der Waals surface area contributed by atoms with Crippen molar-refractivity contribution in [3.8, 4) is 0 Å². The largest absolute Gasteiger partial charge is 0.411 e. The van der Waals surface area contributed by atoms with Crippen LogP contribution in [0.4, 0.5) is 13.2 Å². The molecule has 0 bridgehead atoms. The van der Waals surface area contributed by atoms with Crippen LogP contribution in [0, 0.1) is 0 Å². The van der Waals surface area contributed by atoms with Gasteiger partial charge in [0.2, 0.25) is 0 Å². The average molecular weight is 280 g/mol. The van der Waals surface area contributed by atoms with E-state index in [4.69, 9.17) is 0 Å². The maximum Gasteiger partial charge on any atom is 0.411 e. The van der Waals surface area contributed by atoms with Crippen LogP contribution in [-0.4, -0.2) is 30.4 Å². The number of halogens is 3. The normalized spacial score (nSPS) is 20.5. The Bertz CT molecular complexity index is 375. The first kappa shape index (κ1) is 13.8. The SMILES string of the molecule is FC(F)(F)COCc1nc(CC2CCCN2)cs1. The highest BCUT2D eigenvalue weighted by Gasteiger charge is 2.27. The Morgan fingerprint density at radius 3 is 3.00 bits per heavy atom. The van der Waals surface area contributed by atoms with Gasteiger partial charge in [-0.3, -0.25) is 0 Å². The van der Waals surface area contributed by atoms with Gasteiger partial charge in [-0.25, -0.2) is 4.98 Å². The van der Waals surface area contributed by atoms with Crippen molar-refractivity contribution in [3.05, 3.63) is 16.1 Å². The van der Waals surface area contributed by atoms with Crippen molar-refractivity contribution >= 4 is 11.3 Å². The highest BCUT2D eigenvalue weighted by Crippen LogP contribution is 2.18. The third-order valence-electron chi connectivity index (χ3n) is 2.71. The Hall–Kier alpha value is -0.660. The number of aromatic nitrogens is 1. The Balaban J connectivity index is 1.75. The van der Waals surface area contributed by atoms with Crippen LogP contribution in [0.3, 0.4) is 0 Å². The van der Waals surface area contributed by atoms with Gasteiger partial charge in [-0.2, -0.15) is 13.2 Å². The highest BCUT2D eigenvalue weighted by molar-refractivity contribution is 7.09. The first-order valence-electron chi connectivity index (χ1n) is 5.84. The molecule has 0 saturated carbocycles. The number of ether oxygens (including phenoxy) is 1. The number of nitrogens with one attached hydrogen (secondary N) is 1. The Morgan fingerprint density at radius 1 is 1.50 bits per heavy atom. The van der Waals surface area contributed by atoms with Crippen molar-refractivity contribution in [2.45, 2.75) is 38.1 Å². The molecule has 1 fully saturated rings. The lowest BCUT2D eigenvalue weighted by atomic mass is 10.1. The molecule has 1 aromatic heterocycles. The van der Waals surface area contributed by atoms with Crippen LogP contribution in [0.1, 0.15) is 23.5 Å². The molecule has 3 nitrogen and oxygen atoms in total. The summed E-state index contributed by atoms with van der Waals surface area (Å²) in [5.74, 6) is 0. The molecule has 0 amide bonds. The molecule has 1 aliphatic rings. The number of rotatable bonds is 5. The Labute approximate surface area is 107 Å². The predicted octanol–water partition coefficient (Wildman–Crippen LogP) is 2.52. The third kappa shape index (κ3) is 4.55. The first-order valence-corrected chi connectivity index (χ1v) is 6.72. The molecule has 0 aliphatic carbocycles. The number of nitrogens with zero attached hydrogens (tertiary/aromatic N) is 1. The van der Waals surface area contributed by atoms with Gasteiger partial charge in [0, 0.05) is 17.8 Å². The van der Waals surface area contributed by atoms with E-state index in [1.807, 2.05) is 5.38 Å². The standard InChI is InChI=1S/C11H15F3N2OS/c12-11(13,14)7-17-5-10-16-9(6-18-10)4-8-2-1-3-15-8/h6,8,15H,1-5,7H2. The second-order valence-electron chi connectivity index (χ2n) is 4.34. The molecule has 1 N–H and O–H groups in total. The Kier molecular flexibility index (Phi) is 4.58. The molecule has 2 rings (SSSR count). The smallest absolute Gasteiger partial charge is 0.365 e. The van der Waals surface area contributed by atoms with Crippen LogP contribution < -0.4 is 5.32 Å². The van der Waals surface area contributed by atoms with Crippen molar-refractivity contribution in [1.82, 2.24) is 10.3 Å². The van der Waals surface area contributed by atoms with E-state index < -0.39 is 12.8 Å². The summed E-state index contributed by atoms with van der Waals surface area (Å²) in [7, 11) is 0. The van der Waals surface area contributed by atoms with Gasteiger partial charge in [-0.05, 0) is 19.4 Å². The van der Waals surface area contributed by atoms with Crippen molar-refractivity contribution in [1.29, 1.82) is 0 Å². The molecule has 0 radical (unpaired) electrons. The molecule has 102 valence electrons. The summed E-state index contributed by atoms with van der Waals surface area (Å²) in [6, 6.07) is 0.455. The average Bonchev–Trinajstić information content (AvgIpc) is 2.89. The zero-order valence-corrected chi connectivity index (χ0v) is 10.6. The van der Waals surface area contributed by atoms with Crippen molar-refractivity contribution < 1.29 is 17.9 Å². The van der Waals surface area contributed by atoms with Gasteiger partial charge in [0.1, 0.15) is 11.6 Å². The molecule has 1 unspecified atom stereocenters. The molecule has 0 spiro atoms. The monoisotopic (exact) mass is 280 g/mol. The molecule has 2 heterocycles. The summed E-state index contributed by atoms with van der Waals surface area (Å²) in [5, 5.41) is 5.86. The zero-order valence-electron chi connectivity index (χ0n) is 9.79. The van der Waals surface area contributed by atoms with Gasteiger partial charge >= 0.3 is 6.18 Å². The molecule has 1 atom stereocenters. The fraction of sp³-hybridized carbons (Fsp3) is 0.727. The van der Waals surface area contributed by atoms with Crippen molar-refractivity contribution in [2.75, 3.05) is 13.2 Å². The number of hydrogen-bond acceptors (Lipinski definition) is 4. The van der Waals surface area contributed by atoms with Gasteiger partial charge in [0.15, 0.2) is 0 Å². The van der Waals surface area contributed by atoms with E-state index in [0.29, 0.717) is 11.0 Å². The molecular weight excluding hydrogens is 265 g/mol. The first-order chi connectivity index (χ1) is 8.53. The van der Waals surface area contributed by atoms with Crippen LogP contribution in [0.5, 0.6) is 0 Å². The summed E-state index contributed by atoms with van der Waals surface area (Å²) >= 11 is 1.35. The lowest BCUT2D eigenvalue weighted by Gasteiger charge is -2.07. The van der Waals surface area contributed by atoms with Gasteiger partial charge in [0.25, 0.3) is 0 Å². The van der Waals surface area contributed by atoms with Crippen LogP contribution >= 0.6 is 11.3 Å². The molecule has 1 saturated heterocycles. The number of thiazole rings is 1. The summed E-state index contributed by atoms with van der Waals surface area (Å²) in [4.78, 5) is 4.28. The van der Waals surface area contributed by atoms with Crippen molar-refractivity contribution in [3.63, 3.8) is 0 Å². The van der Waals surface area contributed by atoms with E-state index in [-0.39, 0.29) is 6.61 Å². The molecule has 1 aromatic rings. The summed E-state index contributed by atoms with van der Waals surface area (Å²) in [6.45, 7) is -0.245. The van der Waals surface area contributed by atoms with E-state index in [2.05, 4.69) is 15.0 Å². The van der Waals surface area contributed by atoms with Crippen molar-refractivity contribution in [2.24, 2.45) is 0 Å². The highest BCUT2D eigenvalue weighted by atomic mass is 32.1. The number of hydrogen-bond donors (Lipinski definition) is 1.